The number of primary amides is 2. The number of hydrogen-bond donors (Lipinski definition) is 4. The summed E-state index contributed by atoms with van der Waals surface area (Å²) in [6, 6.07) is 8.53. The zero-order valence-corrected chi connectivity index (χ0v) is 33.3. The molecule has 18 nitrogen and oxygen atoms in total. The van der Waals surface area contributed by atoms with Crippen LogP contribution in [-0.2, 0) is 26.2 Å². The van der Waals surface area contributed by atoms with E-state index in [9.17, 15) is 14.4 Å². The van der Waals surface area contributed by atoms with Crippen LogP contribution in [-0.4, -0.2) is 86.6 Å². The molecule has 0 saturated carbocycles. The molecule has 0 bridgehead atoms. The third kappa shape index (κ3) is 7.48. The van der Waals surface area contributed by atoms with Crippen LogP contribution < -0.4 is 26.8 Å². The summed E-state index contributed by atoms with van der Waals surface area (Å²) in [6.45, 7) is 12.3. The summed E-state index contributed by atoms with van der Waals surface area (Å²) in [5.41, 5.74) is 17.5. The molecule has 58 heavy (non-hydrogen) atoms. The molecule has 0 unspecified atom stereocenters. The van der Waals surface area contributed by atoms with Crippen LogP contribution in [0.1, 0.15) is 68.7 Å². The Morgan fingerprint density at radius 2 is 1.55 bits per heavy atom. The van der Waals surface area contributed by atoms with Crippen LogP contribution in [0.3, 0.4) is 0 Å². The van der Waals surface area contributed by atoms with Gasteiger partial charge >= 0.3 is 0 Å². The van der Waals surface area contributed by atoms with Gasteiger partial charge in [0.1, 0.15) is 34.0 Å². The van der Waals surface area contributed by atoms with Gasteiger partial charge in [0.15, 0.2) is 5.82 Å². The predicted octanol–water partition coefficient (Wildman–Crippen LogP) is 4.05. The number of benzene rings is 1. The van der Waals surface area contributed by atoms with Crippen molar-refractivity contribution in [3.63, 3.8) is 0 Å². The summed E-state index contributed by atoms with van der Waals surface area (Å²) in [5.74, 6) is -0.519. The number of nitrogens with one attached hydrogen (secondary N) is 2. The Bertz CT molecular complexity index is 2750. The number of amides is 3. The van der Waals surface area contributed by atoms with Crippen molar-refractivity contribution in [3.05, 3.63) is 82.7 Å². The van der Waals surface area contributed by atoms with Crippen LogP contribution in [0.5, 0.6) is 5.75 Å². The largest absolute Gasteiger partial charge is 0.491 e. The number of hydrogen-bond acceptors (Lipinski definition) is 11. The number of nitrogens with two attached hydrogens (primary N) is 2. The predicted molar refractivity (Wildman–Crippen MR) is 220 cm³/mol. The Labute approximate surface area is 333 Å². The highest BCUT2D eigenvalue weighted by Crippen LogP contribution is 2.33. The Hall–Kier alpha value is -6.95. The highest BCUT2D eigenvalue weighted by atomic mass is 16.5. The highest BCUT2D eigenvalue weighted by molar-refractivity contribution is 6.09. The van der Waals surface area contributed by atoms with E-state index >= 15 is 0 Å². The SMILES string of the molecule is CCn1nc(C)cc1C(=O)Nc1nc2cc(C(N)=O)cc(OCCCNC)c2n1C/C=C/Cn1c2nc(-c3cc(C)nn3CC)ncc2c2cc(C(N)=O)nc(C)c21. The fourth-order valence-electron chi connectivity index (χ4n) is 7.16. The smallest absolute Gasteiger partial charge is 0.276 e. The molecule has 0 spiro atoms. The van der Waals surface area contributed by atoms with Gasteiger partial charge in [-0.05, 0) is 85.0 Å². The first-order valence-corrected chi connectivity index (χ1v) is 19.1. The Balaban J connectivity index is 1.32. The second-order valence-corrected chi connectivity index (χ2v) is 13.9. The molecular formula is C40H46N14O4. The van der Waals surface area contributed by atoms with Gasteiger partial charge in [-0.1, -0.05) is 12.2 Å². The van der Waals surface area contributed by atoms with E-state index in [4.69, 9.17) is 31.2 Å². The van der Waals surface area contributed by atoms with E-state index in [0.717, 1.165) is 34.2 Å². The number of pyridine rings is 1. The summed E-state index contributed by atoms with van der Waals surface area (Å²) >= 11 is 0. The Morgan fingerprint density at radius 1 is 0.828 bits per heavy atom. The molecule has 18 heteroatoms. The first-order chi connectivity index (χ1) is 27.9. The molecule has 6 aromatic heterocycles. The molecule has 0 aliphatic carbocycles. The number of imidazole rings is 1. The lowest BCUT2D eigenvalue weighted by atomic mass is 10.1. The van der Waals surface area contributed by atoms with Crippen LogP contribution >= 0.6 is 0 Å². The molecule has 300 valence electrons. The molecular weight excluding hydrogens is 741 g/mol. The highest BCUT2D eigenvalue weighted by Gasteiger charge is 2.23. The van der Waals surface area contributed by atoms with Crippen molar-refractivity contribution < 1.29 is 19.1 Å². The summed E-state index contributed by atoms with van der Waals surface area (Å²) in [6.07, 6.45) is 6.38. The average Bonchev–Trinajstić information content (AvgIpc) is 3.96. The molecule has 0 atom stereocenters. The number of aromatic nitrogens is 10. The van der Waals surface area contributed by atoms with Crippen molar-refractivity contribution in [2.24, 2.45) is 11.5 Å². The number of anilines is 1. The van der Waals surface area contributed by atoms with Crippen molar-refractivity contribution in [3.8, 4) is 17.3 Å². The van der Waals surface area contributed by atoms with Gasteiger partial charge in [0.2, 0.25) is 11.9 Å². The van der Waals surface area contributed by atoms with E-state index in [-0.39, 0.29) is 23.8 Å². The number of allylic oxidation sites excluding steroid dienone is 2. The van der Waals surface area contributed by atoms with Crippen molar-refractivity contribution in [2.45, 2.75) is 67.2 Å². The van der Waals surface area contributed by atoms with Crippen LogP contribution in [0.25, 0.3) is 44.5 Å². The first kappa shape index (κ1) is 39.3. The third-order valence-corrected chi connectivity index (χ3v) is 9.76. The number of rotatable bonds is 16. The van der Waals surface area contributed by atoms with E-state index in [1.807, 2.05) is 73.7 Å². The second-order valence-electron chi connectivity index (χ2n) is 13.9. The minimum absolute atomic E-state index is 0.144. The van der Waals surface area contributed by atoms with E-state index in [1.54, 1.807) is 35.1 Å². The minimum atomic E-state index is -0.635. The average molecular weight is 787 g/mol. The molecule has 6 heterocycles. The van der Waals surface area contributed by atoms with Crippen LogP contribution in [0.2, 0.25) is 0 Å². The Morgan fingerprint density at radius 3 is 2.26 bits per heavy atom. The molecule has 3 amide bonds. The lowest BCUT2D eigenvalue weighted by molar-refractivity contribution is 0.0989. The number of ether oxygens (including phenoxy) is 1. The van der Waals surface area contributed by atoms with E-state index in [2.05, 4.69) is 25.8 Å². The van der Waals surface area contributed by atoms with Gasteiger partial charge in [0, 0.05) is 48.7 Å². The molecule has 1 aromatic carbocycles. The van der Waals surface area contributed by atoms with Gasteiger partial charge in [-0.15, -0.1) is 0 Å². The number of aryl methyl sites for hydroxylation is 5. The maximum Gasteiger partial charge on any atom is 0.276 e. The molecule has 6 N–H and O–H groups in total. The minimum Gasteiger partial charge on any atom is -0.491 e. The van der Waals surface area contributed by atoms with E-state index in [1.165, 1.54) is 0 Å². The quantitative estimate of drug-likeness (QED) is 0.0806. The van der Waals surface area contributed by atoms with Gasteiger partial charge in [-0.3, -0.25) is 29.1 Å². The summed E-state index contributed by atoms with van der Waals surface area (Å²) in [5, 5.41) is 16.6. The molecule has 0 saturated heterocycles. The van der Waals surface area contributed by atoms with Crippen LogP contribution in [0.15, 0.2) is 48.7 Å². The van der Waals surface area contributed by atoms with Gasteiger partial charge in [0.05, 0.1) is 34.7 Å². The zero-order valence-electron chi connectivity index (χ0n) is 33.3. The number of carbonyl (C=O) groups excluding carboxylic acids is 3. The number of carbonyl (C=O) groups is 3. The molecule has 0 aliphatic rings. The molecule has 0 fully saturated rings. The van der Waals surface area contributed by atoms with E-state index in [0.29, 0.717) is 78.0 Å². The molecule has 7 rings (SSSR count). The van der Waals surface area contributed by atoms with Crippen molar-refractivity contribution in [1.29, 1.82) is 0 Å². The lowest BCUT2D eigenvalue weighted by Gasteiger charge is -2.13. The maximum atomic E-state index is 13.7. The van der Waals surface area contributed by atoms with Gasteiger partial charge in [-0.25, -0.2) is 19.9 Å². The fraction of sp³-hybridized carbons (Fsp3) is 0.325. The molecule has 0 aliphatic heterocycles. The topological polar surface area (TPSA) is 234 Å². The lowest BCUT2D eigenvalue weighted by Crippen LogP contribution is -2.20. The molecule has 0 radical (unpaired) electrons. The maximum absolute atomic E-state index is 13.7. The van der Waals surface area contributed by atoms with Crippen LogP contribution in [0, 0.1) is 20.8 Å². The standard InChI is InChI=1S/C40H46N14O4/c1-7-53-30(16-22(3)49-53)37-44-21-27-26-20-29(36(42)56)45-24(5)33(26)51(38(27)47-37)13-9-10-14-52-34-28(18-25(35(41)55)19-32(34)58-15-11-12-43-6)46-40(52)48-39(57)31-17-23(4)50-54(31)8-2/h9-10,16-21,43H,7-8,11-15H2,1-6H3,(H2,41,55)(H2,42,56)(H,46,48,57)/b10-9+. The zero-order chi connectivity index (χ0) is 41.2. The van der Waals surface area contributed by atoms with Gasteiger partial charge < -0.3 is 30.7 Å². The van der Waals surface area contributed by atoms with E-state index < -0.39 is 17.7 Å². The summed E-state index contributed by atoms with van der Waals surface area (Å²) < 4.78 is 13.6. The first-order valence-electron chi connectivity index (χ1n) is 19.1. The normalized spacial score (nSPS) is 11.8. The van der Waals surface area contributed by atoms with Crippen molar-refractivity contribution in [1.82, 2.24) is 53.9 Å². The summed E-state index contributed by atoms with van der Waals surface area (Å²) in [4.78, 5) is 57.5. The number of fused-ring (bicyclic) bond motifs is 4. The third-order valence-electron chi connectivity index (χ3n) is 9.76. The van der Waals surface area contributed by atoms with Gasteiger partial charge in [0.25, 0.3) is 11.8 Å². The molecule has 7 aromatic rings. The summed E-state index contributed by atoms with van der Waals surface area (Å²) in [7, 11) is 1.86. The van der Waals surface area contributed by atoms with Crippen molar-refractivity contribution in [2.75, 3.05) is 25.5 Å². The van der Waals surface area contributed by atoms with Crippen LogP contribution in [0.4, 0.5) is 5.95 Å². The van der Waals surface area contributed by atoms with Crippen molar-refractivity contribution >= 4 is 56.6 Å². The second kappa shape index (κ2) is 16.3. The van der Waals surface area contributed by atoms with Gasteiger partial charge in [-0.2, -0.15) is 10.2 Å². The monoisotopic (exact) mass is 786 g/mol. The number of nitrogens with zero attached hydrogens (tertiary/aromatic N) is 10. The Kier molecular flexibility index (Phi) is 11.0. The fourth-order valence-corrected chi connectivity index (χ4v) is 7.16.